The molecule has 0 aromatic rings. The monoisotopic (exact) mass is 179 g/mol. The summed E-state index contributed by atoms with van der Waals surface area (Å²) >= 11 is 0. The highest BCUT2D eigenvalue weighted by Crippen LogP contribution is 2.24. The first kappa shape index (κ1) is 10.7. The molecule has 0 aliphatic heterocycles. The van der Waals surface area contributed by atoms with Gasteiger partial charge in [0.05, 0.1) is 5.92 Å². The number of carboxylic acids is 1. The first-order chi connectivity index (χ1) is 4.74. The molecule has 2 atom stereocenters. The van der Waals surface area contributed by atoms with Crippen molar-refractivity contribution >= 4 is 18.4 Å². The Morgan fingerprint density at radius 2 is 2.18 bits per heavy atom. The molecule has 0 spiro atoms. The number of aliphatic carboxylic acids is 1. The van der Waals surface area contributed by atoms with Crippen LogP contribution in [0.1, 0.15) is 19.3 Å². The molecule has 0 aromatic carbocycles. The van der Waals surface area contributed by atoms with Crippen LogP contribution in [0.3, 0.4) is 0 Å². The second-order valence-electron chi connectivity index (χ2n) is 2.83. The van der Waals surface area contributed by atoms with Gasteiger partial charge in [-0.25, -0.2) is 0 Å². The van der Waals surface area contributed by atoms with Gasteiger partial charge in [-0.2, -0.15) is 0 Å². The Hall–Kier alpha value is -0.280. The topological polar surface area (TPSA) is 49.3 Å². The van der Waals surface area contributed by atoms with Gasteiger partial charge in [-0.15, -0.1) is 12.4 Å². The first-order valence-electron chi connectivity index (χ1n) is 3.64. The highest BCUT2D eigenvalue weighted by molar-refractivity contribution is 5.85. The number of carbonyl (C=O) groups is 1. The van der Waals surface area contributed by atoms with Crippen LogP contribution >= 0.6 is 12.4 Å². The van der Waals surface area contributed by atoms with Crippen LogP contribution < -0.4 is 5.32 Å². The molecule has 0 saturated heterocycles. The third kappa shape index (κ3) is 2.67. The zero-order valence-electron chi connectivity index (χ0n) is 6.54. The second-order valence-corrected chi connectivity index (χ2v) is 2.83. The van der Waals surface area contributed by atoms with E-state index in [2.05, 4.69) is 5.32 Å². The SMILES string of the molecule is CN[C@@H]1CC[C@@H](C(=O)O)C1.Cl. The lowest BCUT2D eigenvalue weighted by Gasteiger charge is -2.05. The summed E-state index contributed by atoms with van der Waals surface area (Å²) in [5.41, 5.74) is 0. The molecular formula is C7H14ClNO2. The van der Waals surface area contributed by atoms with Gasteiger partial charge in [0.2, 0.25) is 0 Å². The first-order valence-corrected chi connectivity index (χ1v) is 3.64. The van der Waals surface area contributed by atoms with E-state index in [0.29, 0.717) is 6.04 Å². The van der Waals surface area contributed by atoms with Crippen LogP contribution in [-0.4, -0.2) is 24.2 Å². The smallest absolute Gasteiger partial charge is 0.306 e. The Bertz CT molecular complexity index is 140. The molecule has 1 aliphatic carbocycles. The Kier molecular flexibility index (Phi) is 4.45. The number of carboxylic acid groups (broad SMARTS) is 1. The number of nitrogens with one attached hydrogen (secondary N) is 1. The highest BCUT2D eigenvalue weighted by Gasteiger charge is 2.28. The van der Waals surface area contributed by atoms with Gasteiger partial charge < -0.3 is 10.4 Å². The van der Waals surface area contributed by atoms with Gasteiger partial charge in [0, 0.05) is 6.04 Å². The van der Waals surface area contributed by atoms with Crippen molar-refractivity contribution in [2.24, 2.45) is 5.92 Å². The van der Waals surface area contributed by atoms with E-state index in [0.717, 1.165) is 19.3 Å². The molecule has 3 nitrogen and oxygen atoms in total. The van der Waals surface area contributed by atoms with E-state index in [1.807, 2.05) is 7.05 Å². The van der Waals surface area contributed by atoms with Crippen LogP contribution in [0.5, 0.6) is 0 Å². The maximum Gasteiger partial charge on any atom is 0.306 e. The maximum absolute atomic E-state index is 10.4. The van der Waals surface area contributed by atoms with Gasteiger partial charge in [-0.3, -0.25) is 4.79 Å². The van der Waals surface area contributed by atoms with Gasteiger partial charge in [0.15, 0.2) is 0 Å². The summed E-state index contributed by atoms with van der Waals surface area (Å²) in [5.74, 6) is -0.741. The highest BCUT2D eigenvalue weighted by atomic mass is 35.5. The number of halogens is 1. The van der Waals surface area contributed by atoms with E-state index in [1.165, 1.54) is 0 Å². The number of hydrogen-bond acceptors (Lipinski definition) is 2. The van der Waals surface area contributed by atoms with Gasteiger partial charge >= 0.3 is 5.97 Å². The van der Waals surface area contributed by atoms with Crippen molar-refractivity contribution in [3.8, 4) is 0 Å². The minimum atomic E-state index is -0.641. The molecule has 1 fully saturated rings. The summed E-state index contributed by atoms with van der Waals surface area (Å²) in [5, 5.41) is 11.7. The van der Waals surface area contributed by atoms with Crippen LogP contribution in [0.15, 0.2) is 0 Å². The minimum Gasteiger partial charge on any atom is -0.481 e. The predicted octanol–water partition coefficient (Wildman–Crippen LogP) is 0.881. The van der Waals surface area contributed by atoms with Crippen LogP contribution in [0, 0.1) is 5.92 Å². The van der Waals surface area contributed by atoms with E-state index >= 15 is 0 Å². The zero-order chi connectivity index (χ0) is 7.56. The molecule has 0 aromatic heterocycles. The third-order valence-electron chi connectivity index (χ3n) is 2.19. The average molecular weight is 180 g/mol. The molecule has 0 bridgehead atoms. The molecule has 4 heteroatoms. The van der Waals surface area contributed by atoms with Crippen molar-refractivity contribution in [2.45, 2.75) is 25.3 Å². The van der Waals surface area contributed by atoms with Crippen molar-refractivity contribution in [2.75, 3.05) is 7.05 Å². The van der Waals surface area contributed by atoms with Crippen molar-refractivity contribution < 1.29 is 9.90 Å². The molecule has 11 heavy (non-hydrogen) atoms. The molecule has 1 aliphatic rings. The molecule has 0 radical (unpaired) electrons. The third-order valence-corrected chi connectivity index (χ3v) is 2.19. The van der Waals surface area contributed by atoms with Gasteiger partial charge in [-0.1, -0.05) is 0 Å². The van der Waals surface area contributed by atoms with Crippen LogP contribution in [0.2, 0.25) is 0 Å². The van der Waals surface area contributed by atoms with Crippen molar-refractivity contribution in [3.05, 3.63) is 0 Å². The van der Waals surface area contributed by atoms with Crippen molar-refractivity contribution in [1.29, 1.82) is 0 Å². The number of rotatable bonds is 2. The molecule has 1 saturated carbocycles. The maximum atomic E-state index is 10.4. The van der Waals surface area contributed by atoms with Gasteiger partial charge in [0.1, 0.15) is 0 Å². The summed E-state index contributed by atoms with van der Waals surface area (Å²) in [6, 6.07) is 0.432. The standard InChI is InChI=1S/C7H13NO2.ClH/c1-8-6-3-2-5(4-6)7(9)10;/h5-6,8H,2-4H2,1H3,(H,9,10);1H/t5-,6-;/m1./s1. The molecule has 0 amide bonds. The van der Waals surface area contributed by atoms with E-state index in [1.54, 1.807) is 0 Å². The molecule has 0 unspecified atom stereocenters. The van der Waals surface area contributed by atoms with Gasteiger partial charge in [0.25, 0.3) is 0 Å². The van der Waals surface area contributed by atoms with E-state index < -0.39 is 5.97 Å². The summed E-state index contributed by atoms with van der Waals surface area (Å²) in [7, 11) is 1.88. The van der Waals surface area contributed by atoms with E-state index in [9.17, 15) is 4.79 Å². The Labute approximate surface area is 72.6 Å². The fraction of sp³-hybridized carbons (Fsp3) is 0.857. The summed E-state index contributed by atoms with van der Waals surface area (Å²) in [6.07, 6.45) is 2.64. The lowest BCUT2D eigenvalue weighted by atomic mass is 10.1. The predicted molar refractivity (Wildman–Crippen MR) is 45.1 cm³/mol. The summed E-state index contributed by atoms with van der Waals surface area (Å²) < 4.78 is 0. The Morgan fingerprint density at radius 1 is 1.55 bits per heavy atom. The molecule has 2 N–H and O–H groups in total. The van der Waals surface area contributed by atoms with Crippen molar-refractivity contribution in [3.63, 3.8) is 0 Å². The fourth-order valence-electron chi connectivity index (χ4n) is 1.47. The molecule has 66 valence electrons. The molecule has 1 rings (SSSR count). The van der Waals surface area contributed by atoms with E-state index in [-0.39, 0.29) is 18.3 Å². The largest absolute Gasteiger partial charge is 0.481 e. The lowest BCUT2D eigenvalue weighted by molar-refractivity contribution is -0.141. The average Bonchev–Trinajstić information content (AvgIpc) is 2.34. The normalized spacial score (nSPS) is 29.5. The van der Waals surface area contributed by atoms with Gasteiger partial charge in [-0.05, 0) is 26.3 Å². The van der Waals surface area contributed by atoms with Crippen LogP contribution in [0.25, 0.3) is 0 Å². The Balaban J connectivity index is 0.000001000. The second kappa shape index (κ2) is 4.57. The number of hydrogen-bond donors (Lipinski definition) is 2. The minimum absolute atomic E-state index is 0. The Morgan fingerprint density at radius 3 is 2.45 bits per heavy atom. The quantitative estimate of drug-likeness (QED) is 0.662. The molecular weight excluding hydrogens is 166 g/mol. The van der Waals surface area contributed by atoms with Crippen molar-refractivity contribution in [1.82, 2.24) is 5.32 Å². The van der Waals surface area contributed by atoms with E-state index in [4.69, 9.17) is 5.11 Å². The lowest BCUT2D eigenvalue weighted by Crippen LogP contribution is -2.22. The zero-order valence-corrected chi connectivity index (χ0v) is 7.36. The summed E-state index contributed by atoms with van der Waals surface area (Å²) in [6.45, 7) is 0. The summed E-state index contributed by atoms with van der Waals surface area (Å²) in [4.78, 5) is 10.4. The molecule has 0 heterocycles. The fourth-order valence-corrected chi connectivity index (χ4v) is 1.47. The van der Waals surface area contributed by atoms with Crippen LogP contribution in [-0.2, 0) is 4.79 Å². The van der Waals surface area contributed by atoms with Crippen LogP contribution in [0.4, 0.5) is 0 Å².